The Morgan fingerprint density at radius 2 is 1.65 bits per heavy atom. The van der Waals surface area contributed by atoms with Gasteiger partial charge in [0.15, 0.2) is 0 Å². The number of piperidine rings is 1. The Morgan fingerprint density at radius 3 is 2.39 bits per heavy atom. The van der Waals surface area contributed by atoms with Crippen LogP contribution in [0.1, 0.15) is 52.0 Å². The molecule has 4 heteroatoms. The van der Waals surface area contributed by atoms with Crippen molar-refractivity contribution in [3.8, 4) is 0 Å². The Balaban J connectivity index is 1.30. The number of fused-ring (bicyclic) bond motifs is 1. The lowest BCUT2D eigenvalue weighted by Gasteiger charge is -2.32. The van der Waals surface area contributed by atoms with Gasteiger partial charge in [-0.2, -0.15) is 0 Å². The average Bonchev–Trinajstić information content (AvgIpc) is 2.75. The monoisotopic (exact) mass is 423 g/mol. The van der Waals surface area contributed by atoms with Crippen LogP contribution in [0, 0.1) is 11.3 Å². The molecule has 1 saturated heterocycles. The van der Waals surface area contributed by atoms with Gasteiger partial charge in [0.1, 0.15) is 0 Å². The van der Waals surface area contributed by atoms with E-state index in [4.69, 9.17) is 0 Å². The quantitative estimate of drug-likeness (QED) is 0.548. The largest absolute Gasteiger partial charge is 0.342 e. The van der Waals surface area contributed by atoms with Gasteiger partial charge in [0.2, 0.25) is 5.91 Å². The molecule has 0 spiro atoms. The number of carbonyl (C=O) groups excluding carboxylic acids is 1. The minimum absolute atomic E-state index is 0.269. The molecule has 0 atom stereocenters. The lowest BCUT2D eigenvalue weighted by molar-refractivity contribution is -0.131. The molecule has 2 N–H and O–H groups in total. The molecule has 170 valence electrons. The van der Waals surface area contributed by atoms with Crippen LogP contribution in [0.4, 0.5) is 0 Å². The molecular weight excluding hydrogens is 382 g/mol. The van der Waals surface area contributed by atoms with Crippen molar-refractivity contribution < 1.29 is 4.79 Å². The van der Waals surface area contributed by atoms with Crippen LogP contribution in [0.5, 0.6) is 0 Å². The topological polar surface area (TPSA) is 44.4 Å². The first-order chi connectivity index (χ1) is 14.9. The normalized spacial score (nSPS) is 15.5. The fourth-order valence-corrected chi connectivity index (χ4v) is 4.38. The highest BCUT2D eigenvalue weighted by molar-refractivity contribution is 5.90. The summed E-state index contributed by atoms with van der Waals surface area (Å²) in [6.07, 6.45) is 5.18. The summed E-state index contributed by atoms with van der Waals surface area (Å²) in [6, 6.07) is 14.6. The zero-order valence-electron chi connectivity index (χ0n) is 19.8. The van der Waals surface area contributed by atoms with Crippen molar-refractivity contribution >= 4 is 16.7 Å². The van der Waals surface area contributed by atoms with E-state index in [1.165, 1.54) is 23.6 Å². The minimum atomic E-state index is 0.269. The molecule has 31 heavy (non-hydrogen) atoms. The molecule has 1 aliphatic rings. The molecule has 1 fully saturated rings. The molecular formula is C27H41N3O. The van der Waals surface area contributed by atoms with Crippen molar-refractivity contribution in [2.24, 2.45) is 11.3 Å². The molecule has 1 amide bonds. The van der Waals surface area contributed by atoms with Gasteiger partial charge >= 0.3 is 0 Å². The van der Waals surface area contributed by atoms with E-state index in [2.05, 4.69) is 78.8 Å². The molecule has 1 aliphatic heterocycles. The summed E-state index contributed by atoms with van der Waals surface area (Å²) in [5.74, 6) is 0.964. The second kappa shape index (κ2) is 11.6. The summed E-state index contributed by atoms with van der Waals surface area (Å²) in [4.78, 5) is 14.9. The zero-order chi connectivity index (χ0) is 22.1. The molecule has 0 saturated carbocycles. The Bertz CT molecular complexity index is 813. The van der Waals surface area contributed by atoms with E-state index in [-0.39, 0.29) is 5.91 Å². The van der Waals surface area contributed by atoms with Crippen LogP contribution in [0.3, 0.4) is 0 Å². The number of rotatable bonds is 10. The SMILES string of the molecule is CC(C)(C)CNCCCCNCC1CCN(C(=O)Cc2cccc3ccccc23)CC1. The number of nitrogens with one attached hydrogen (secondary N) is 2. The van der Waals surface area contributed by atoms with E-state index in [0.29, 0.717) is 17.8 Å². The fourth-order valence-electron chi connectivity index (χ4n) is 4.38. The molecule has 0 unspecified atom stereocenters. The highest BCUT2D eigenvalue weighted by atomic mass is 16.2. The van der Waals surface area contributed by atoms with E-state index in [9.17, 15) is 4.79 Å². The number of unbranched alkanes of at least 4 members (excludes halogenated alkanes) is 1. The number of hydrogen-bond donors (Lipinski definition) is 2. The average molecular weight is 424 g/mol. The summed E-state index contributed by atoms with van der Waals surface area (Å²) in [7, 11) is 0. The van der Waals surface area contributed by atoms with Crippen molar-refractivity contribution in [3.63, 3.8) is 0 Å². The number of carbonyl (C=O) groups is 1. The maximum Gasteiger partial charge on any atom is 0.227 e. The number of nitrogens with zero attached hydrogens (tertiary/aromatic N) is 1. The van der Waals surface area contributed by atoms with E-state index >= 15 is 0 Å². The van der Waals surface area contributed by atoms with Crippen LogP contribution in [-0.2, 0) is 11.2 Å². The summed E-state index contributed by atoms with van der Waals surface area (Å²) < 4.78 is 0. The number of amides is 1. The third-order valence-corrected chi connectivity index (χ3v) is 6.23. The maximum atomic E-state index is 12.9. The maximum absolute atomic E-state index is 12.9. The third-order valence-electron chi connectivity index (χ3n) is 6.23. The van der Waals surface area contributed by atoms with Gasteiger partial charge in [-0.3, -0.25) is 4.79 Å². The second-order valence-electron chi connectivity index (χ2n) is 10.3. The Hall–Kier alpha value is -1.91. The Labute approximate surface area is 188 Å². The molecule has 0 bridgehead atoms. The summed E-state index contributed by atoms with van der Waals surface area (Å²) in [5.41, 5.74) is 1.51. The van der Waals surface area contributed by atoms with E-state index in [0.717, 1.165) is 57.7 Å². The molecule has 1 heterocycles. The third kappa shape index (κ3) is 7.93. The van der Waals surface area contributed by atoms with Gasteiger partial charge in [-0.05, 0) is 79.5 Å². The minimum Gasteiger partial charge on any atom is -0.342 e. The van der Waals surface area contributed by atoms with E-state index < -0.39 is 0 Å². The van der Waals surface area contributed by atoms with Crippen molar-refractivity contribution in [1.82, 2.24) is 15.5 Å². The first-order valence-electron chi connectivity index (χ1n) is 12.1. The molecule has 2 aromatic carbocycles. The van der Waals surface area contributed by atoms with Crippen molar-refractivity contribution in [2.45, 2.75) is 52.9 Å². The van der Waals surface area contributed by atoms with Gasteiger partial charge in [-0.15, -0.1) is 0 Å². The molecule has 4 nitrogen and oxygen atoms in total. The Morgan fingerprint density at radius 1 is 0.968 bits per heavy atom. The molecule has 2 aromatic rings. The molecule has 3 rings (SSSR count). The first-order valence-corrected chi connectivity index (χ1v) is 12.1. The smallest absolute Gasteiger partial charge is 0.227 e. The highest BCUT2D eigenvalue weighted by Crippen LogP contribution is 2.21. The van der Waals surface area contributed by atoms with Crippen LogP contribution in [0.2, 0.25) is 0 Å². The standard InChI is InChI=1S/C27H41N3O/c1-27(2,3)21-29-16-7-6-15-28-20-22-13-17-30(18-14-22)26(31)19-24-11-8-10-23-9-4-5-12-25(23)24/h4-5,8-12,22,28-29H,6-7,13-21H2,1-3H3. The van der Waals surface area contributed by atoms with Crippen molar-refractivity contribution in [2.75, 3.05) is 39.3 Å². The van der Waals surface area contributed by atoms with Gasteiger partial charge in [0, 0.05) is 13.1 Å². The van der Waals surface area contributed by atoms with Crippen LogP contribution < -0.4 is 10.6 Å². The second-order valence-corrected chi connectivity index (χ2v) is 10.3. The van der Waals surface area contributed by atoms with E-state index in [1.54, 1.807) is 0 Å². The predicted molar refractivity (Wildman–Crippen MR) is 131 cm³/mol. The van der Waals surface area contributed by atoms with Crippen molar-refractivity contribution in [1.29, 1.82) is 0 Å². The first kappa shape index (κ1) is 23.7. The van der Waals surface area contributed by atoms with Crippen LogP contribution >= 0.6 is 0 Å². The summed E-state index contributed by atoms with van der Waals surface area (Å²) in [5, 5.41) is 9.59. The lowest BCUT2D eigenvalue weighted by atomic mass is 9.95. The van der Waals surface area contributed by atoms with Crippen LogP contribution in [0.15, 0.2) is 42.5 Å². The summed E-state index contributed by atoms with van der Waals surface area (Å²) in [6.45, 7) is 13.0. The summed E-state index contributed by atoms with van der Waals surface area (Å²) >= 11 is 0. The number of hydrogen-bond acceptors (Lipinski definition) is 3. The molecule has 0 aliphatic carbocycles. The zero-order valence-corrected chi connectivity index (χ0v) is 19.8. The lowest BCUT2D eigenvalue weighted by Crippen LogP contribution is -2.41. The molecule has 0 radical (unpaired) electrons. The van der Waals surface area contributed by atoms with Gasteiger partial charge < -0.3 is 15.5 Å². The van der Waals surface area contributed by atoms with Gasteiger partial charge in [-0.1, -0.05) is 63.2 Å². The van der Waals surface area contributed by atoms with Crippen LogP contribution in [0.25, 0.3) is 10.8 Å². The number of benzene rings is 2. The molecule has 0 aromatic heterocycles. The van der Waals surface area contributed by atoms with Crippen LogP contribution in [-0.4, -0.2) is 50.1 Å². The van der Waals surface area contributed by atoms with Crippen molar-refractivity contribution in [3.05, 3.63) is 48.0 Å². The Kier molecular flexibility index (Phi) is 8.91. The highest BCUT2D eigenvalue weighted by Gasteiger charge is 2.23. The van der Waals surface area contributed by atoms with Gasteiger partial charge in [0.25, 0.3) is 0 Å². The number of likely N-dealkylation sites (tertiary alicyclic amines) is 1. The predicted octanol–water partition coefficient (Wildman–Crippen LogP) is 4.63. The van der Waals surface area contributed by atoms with Gasteiger partial charge in [0.05, 0.1) is 6.42 Å². The van der Waals surface area contributed by atoms with E-state index in [1.807, 2.05) is 0 Å². The fraction of sp³-hybridized carbons (Fsp3) is 0.593. The van der Waals surface area contributed by atoms with Gasteiger partial charge in [-0.25, -0.2) is 0 Å².